The molecule has 1 atom stereocenters. The first-order valence-electron chi connectivity index (χ1n) is 6.27. The van der Waals surface area contributed by atoms with Crippen LogP contribution in [0.4, 0.5) is 5.69 Å². The summed E-state index contributed by atoms with van der Waals surface area (Å²) in [6.07, 6.45) is 5.02. The smallest absolute Gasteiger partial charge is 0.226 e. The van der Waals surface area contributed by atoms with Crippen LogP contribution in [0.2, 0.25) is 0 Å². The molecule has 0 aliphatic rings. The summed E-state index contributed by atoms with van der Waals surface area (Å²) in [4.78, 5) is 16.2. The maximum atomic E-state index is 12.2. The van der Waals surface area contributed by atoms with Crippen molar-refractivity contribution in [3.05, 3.63) is 53.2 Å². The van der Waals surface area contributed by atoms with Gasteiger partial charge in [-0.2, -0.15) is 11.3 Å². The van der Waals surface area contributed by atoms with Crippen LogP contribution < -0.4 is 5.32 Å². The molecule has 0 aromatic carbocycles. The lowest BCUT2D eigenvalue weighted by Gasteiger charge is -2.14. The molecule has 3 aromatic rings. The van der Waals surface area contributed by atoms with Crippen LogP contribution in [0.25, 0.3) is 0 Å². The quantitative estimate of drug-likeness (QED) is 0.776. The third kappa shape index (κ3) is 3.29. The van der Waals surface area contributed by atoms with Crippen LogP contribution in [0.5, 0.6) is 0 Å². The van der Waals surface area contributed by atoms with E-state index in [1.165, 1.54) is 6.33 Å². The van der Waals surface area contributed by atoms with Crippen molar-refractivity contribution in [3.63, 3.8) is 0 Å². The molecular formula is C13H12N6OS. The number of carbonyl (C=O) groups is 1. The SMILES string of the molecule is O=C(C[C@H](c1ccsc1)n1cnnn1)Nc1cccnc1. The molecule has 7 nitrogen and oxygen atoms in total. The van der Waals surface area contributed by atoms with Gasteiger partial charge in [0.15, 0.2) is 0 Å². The summed E-state index contributed by atoms with van der Waals surface area (Å²) in [5, 5.41) is 17.9. The van der Waals surface area contributed by atoms with E-state index in [9.17, 15) is 4.79 Å². The Hall–Kier alpha value is -2.61. The molecule has 0 aliphatic carbocycles. The van der Waals surface area contributed by atoms with Crippen LogP contribution in [0.3, 0.4) is 0 Å². The Labute approximate surface area is 124 Å². The van der Waals surface area contributed by atoms with Gasteiger partial charge in [0.25, 0.3) is 0 Å². The number of amides is 1. The largest absolute Gasteiger partial charge is 0.325 e. The maximum Gasteiger partial charge on any atom is 0.226 e. The molecule has 3 aromatic heterocycles. The van der Waals surface area contributed by atoms with Crippen LogP contribution in [0.15, 0.2) is 47.7 Å². The van der Waals surface area contributed by atoms with Gasteiger partial charge in [-0.15, -0.1) is 5.10 Å². The average Bonchev–Trinajstić information content (AvgIpc) is 3.19. The molecule has 0 fully saturated rings. The highest BCUT2D eigenvalue weighted by Crippen LogP contribution is 2.23. The lowest BCUT2D eigenvalue weighted by molar-refractivity contribution is -0.116. The molecular weight excluding hydrogens is 288 g/mol. The maximum absolute atomic E-state index is 12.2. The number of hydrogen-bond donors (Lipinski definition) is 1. The fourth-order valence-corrected chi connectivity index (χ4v) is 2.67. The van der Waals surface area contributed by atoms with E-state index in [1.54, 1.807) is 40.5 Å². The molecule has 0 bridgehead atoms. The van der Waals surface area contributed by atoms with Gasteiger partial charge in [-0.05, 0) is 44.9 Å². The van der Waals surface area contributed by atoms with Crippen molar-refractivity contribution >= 4 is 22.9 Å². The minimum atomic E-state index is -0.220. The molecule has 106 valence electrons. The van der Waals surface area contributed by atoms with E-state index in [4.69, 9.17) is 0 Å². The number of anilines is 1. The zero-order valence-corrected chi connectivity index (χ0v) is 11.8. The lowest BCUT2D eigenvalue weighted by atomic mass is 10.1. The Morgan fingerprint density at radius 2 is 2.38 bits per heavy atom. The first-order valence-corrected chi connectivity index (χ1v) is 7.21. The van der Waals surface area contributed by atoms with Gasteiger partial charge in [0.1, 0.15) is 6.33 Å². The minimum Gasteiger partial charge on any atom is -0.325 e. The monoisotopic (exact) mass is 300 g/mol. The molecule has 3 rings (SSSR count). The molecule has 0 saturated heterocycles. The Morgan fingerprint density at radius 1 is 1.43 bits per heavy atom. The standard InChI is InChI=1S/C13H12N6OS/c20-13(16-11-2-1-4-14-7-11)6-12(10-3-5-21-8-10)19-9-15-17-18-19/h1-5,7-9,12H,6H2,(H,16,20)/t12-/m1/s1. The predicted octanol–water partition coefficient (Wildman–Crippen LogP) is 1.75. The van der Waals surface area contributed by atoms with Crippen molar-refractivity contribution in [2.24, 2.45) is 0 Å². The predicted molar refractivity (Wildman–Crippen MR) is 77.8 cm³/mol. The third-order valence-electron chi connectivity index (χ3n) is 2.94. The van der Waals surface area contributed by atoms with Gasteiger partial charge in [0.2, 0.25) is 5.91 Å². The number of thiophene rings is 1. The van der Waals surface area contributed by atoms with Gasteiger partial charge >= 0.3 is 0 Å². The summed E-state index contributed by atoms with van der Waals surface area (Å²) < 4.78 is 1.59. The summed E-state index contributed by atoms with van der Waals surface area (Å²) in [6.45, 7) is 0. The van der Waals surface area contributed by atoms with Crippen molar-refractivity contribution in [1.29, 1.82) is 0 Å². The number of nitrogens with zero attached hydrogens (tertiary/aromatic N) is 5. The Bertz CT molecular complexity index is 649. The summed E-state index contributed by atoms with van der Waals surface area (Å²) in [5.74, 6) is -0.116. The van der Waals surface area contributed by atoms with Gasteiger partial charge in [-0.25, -0.2) is 4.68 Å². The molecule has 8 heteroatoms. The number of carbonyl (C=O) groups excluding carboxylic acids is 1. The van der Waals surface area contributed by atoms with Crippen molar-refractivity contribution in [2.75, 3.05) is 5.32 Å². The van der Waals surface area contributed by atoms with Gasteiger partial charge in [-0.1, -0.05) is 0 Å². The normalized spacial score (nSPS) is 12.0. The second kappa shape index (κ2) is 6.23. The molecule has 0 unspecified atom stereocenters. The molecule has 1 amide bonds. The van der Waals surface area contributed by atoms with Crippen LogP contribution in [0, 0.1) is 0 Å². The van der Waals surface area contributed by atoms with Gasteiger partial charge in [-0.3, -0.25) is 9.78 Å². The third-order valence-corrected chi connectivity index (χ3v) is 3.64. The van der Waals surface area contributed by atoms with E-state index < -0.39 is 0 Å². The summed E-state index contributed by atoms with van der Waals surface area (Å²) in [5.41, 5.74) is 1.68. The van der Waals surface area contributed by atoms with Crippen LogP contribution in [-0.2, 0) is 4.79 Å². The van der Waals surface area contributed by atoms with Crippen LogP contribution >= 0.6 is 11.3 Å². The lowest BCUT2D eigenvalue weighted by Crippen LogP contribution is -2.20. The number of pyridine rings is 1. The van der Waals surface area contributed by atoms with Crippen molar-refractivity contribution in [3.8, 4) is 0 Å². The van der Waals surface area contributed by atoms with E-state index in [2.05, 4.69) is 25.8 Å². The number of rotatable bonds is 5. The summed E-state index contributed by atoms with van der Waals surface area (Å²) in [6, 6.07) is 5.31. The summed E-state index contributed by atoms with van der Waals surface area (Å²) in [7, 11) is 0. The van der Waals surface area contributed by atoms with Crippen molar-refractivity contribution < 1.29 is 4.79 Å². The second-order valence-corrected chi connectivity index (χ2v) is 5.14. The first-order chi connectivity index (χ1) is 10.3. The van der Waals surface area contributed by atoms with Crippen molar-refractivity contribution in [1.82, 2.24) is 25.2 Å². The van der Waals surface area contributed by atoms with E-state index in [-0.39, 0.29) is 18.4 Å². The van der Waals surface area contributed by atoms with Crippen LogP contribution in [-0.4, -0.2) is 31.1 Å². The molecule has 0 radical (unpaired) electrons. The van der Waals surface area contributed by atoms with E-state index in [0.717, 1.165) is 5.56 Å². The highest BCUT2D eigenvalue weighted by molar-refractivity contribution is 7.07. The Balaban J connectivity index is 1.75. The Morgan fingerprint density at radius 3 is 3.05 bits per heavy atom. The van der Waals surface area contributed by atoms with Crippen LogP contribution in [0.1, 0.15) is 18.0 Å². The summed E-state index contributed by atoms with van der Waals surface area (Å²) >= 11 is 1.57. The number of nitrogens with one attached hydrogen (secondary N) is 1. The number of hydrogen-bond acceptors (Lipinski definition) is 6. The fraction of sp³-hybridized carbons (Fsp3) is 0.154. The number of aromatic nitrogens is 5. The second-order valence-electron chi connectivity index (χ2n) is 4.36. The molecule has 0 saturated carbocycles. The molecule has 0 aliphatic heterocycles. The Kier molecular flexibility index (Phi) is 3.97. The van der Waals surface area contributed by atoms with E-state index >= 15 is 0 Å². The van der Waals surface area contributed by atoms with E-state index in [0.29, 0.717) is 5.69 Å². The molecule has 3 heterocycles. The molecule has 0 spiro atoms. The zero-order valence-electron chi connectivity index (χ0n) is 11.0. The number of tetrazole rings is 1. The molecule has 21 heavy (non-hydrogen) atoms. The highest BCUT2D eigenvalue weighted by atomic mass is 32.1. The topological polar surface area (TPSA) is 85.6 Å². The van der Waals surface area contributed by atoms with Gasteiger partial charge in [0, 0.05) is 6.20 Å². The fourth-order valence-electron chi connectivity index (χ4n) is 1.96. The average molecular weight is 300 g/mol. The van der Waals surface area contributed by atoms with E-state index in [1.807, 2.05) is 16.8 Å². The van der Waals surface area contributed by atoms with Gasteiger partial charge in [0.05, 0.1) is 24.3 Å². The minimum absolute atomic E-state index is 0.116. The van der Waals surface area contributed by atoms with Gasteiger partial charge < -0.3 is 5.32 Å². The highest BCUT2D eigenvalue weighted by Gasteiger charge is 2.19. The van der Waals surface area contributed by atoms with Crippen molar-refractivity contribution in [2.45, 2.75) is 12.5 Å². The zero-order chi connectivity index (χ0) is 14.5. The molecule has 1 N–H and O–H groups in total. The first kappa shape index (κ1) is 13.4.